The van der Waals surface area contributed by atoms with E-state index in [1.165, 1.54) is 0 Å². The number of hydrogen-bond donors (Lipinski definition) is 0. The van der Waals surface area contributed by atoms with Crippen molar-refractivity contribution in [2.75, 3.05) is 0 Å². The standard InChI is InChI=1S/2C5F9.Hg/c2*6-1-2(7)3(8,4(9,10)11)5(12,13)14;. The summed E-state index contributed by atoms with van der Waals surface area (Å²) in [5, 5.41) is 0. The summed E-state index contributed by atoms with van der Waals surface area (Å²) in [6.45, 7) is 0. The van der Waals surface area contributed by atoms with Gasteiger partial charge in [0.2, 0.25) is 0 Å². The molecule has 0 aromatic rings. The monoisotopic (exact) mass is 664 g/mol. The van der Waals surface area contributed by atoms with Gasteiger partial charge in [0.25, 0.3) is 0 Å². The molecule has 0 nitrogen and oxygen atoms in total. The Bertz CT molecular complexity index is 583. The molecule has 0 atom stereocenters. The Labute approximate surface area is 158 Å². The molecule has 0 aliphatic carbocycles. The molecule has 0 bridgehead atoms. The van der Waals surface area contributed by atoms with Crippen molar-refractivity contribution in [3.8, 4) is 0 Å². The number of allylic oxidation sites excluding steroid dienone is 2. The molecular weight excluding hydrogens is 663 g/mol. The molecule has 0 amide bonds. The third-order valence-electron chi connectivity index (χ3n) is 2.95. The van der Waals surface area contributed by atoms with E-state index in [4.69, 9.17) is 0 Å². The minimum absolute atomic E-state index is 3.73. The van der Waals surface area contributed by atoms with Crippen LogP contribution in [-0.4, -0.2) is 36.0 Å². The average molecular weight is 663 g/mol. The van der Waals surface area contributed by atoms with E-state index in [-0.39, 0.29) is 0 Å². The fourth-order valence-electron chi connectivity index (χ4n) is 1.48. The molecule has 29 heavy (non-hydrogen) atoms. The summed E-state index contributed by atoms with van der Waals surface area (Å²) in [6, 6.07) is 0. The first-order valence-corrected chi connectivity index (χ1v) is 11.6. The molecule has 0 aromatic carbocycles. The molecule has 0 heterocycles. The molecule has 168 valence electrons. The summed E-state index contributed by atoms with van der Waals surface area (Å²) in [4.78, 5) is 0. The van der Waals surface area contributed by atoms with Gasteiger partial charge in [-0.25, -0.2) is 0 Å². The van der Waals surface area contributed by atoms with Crippen molar-refractivity contribution >= 4 is 0 Å². The van der Waals surface area contributed by atoms with E-state index >= 15 is 0 Å². The van der Waals surface area contributed by atoms with Crippen molar-refractivity contribution in [1.82, 2.24) is 0 Å². The maximum absolute atomic E-state index is 13.2. The Hall–Kier alpha value is -0.845. The van der Waals surface area contributed by atoms with Crippen LogP contribution in [0, 0.1) is 0 Å². The van der Waals surface area contributed by atoms with Gasteiger partial charge in [-0.3, -0.25) is 0 Å². The minimum atomic E-state index is -7.32. The number of alkyl halides is 14. The van der Waals surface area contributed by atoms with Crippen molar-refractivity contribution in [3.63, 3.8) is 0 Å². The van der Waals surface area contributed by atoms with Crippen LogP contribution in [0.4, 0.5) is 79.0 Å². The SMILES string of the molecule is F[C]([Hg][C](F)=C(F)C(F)(C(F)(F)F)C(F)(F)F)=C(F)C(F)(C(F)(F)F)C(F)(F)F. The van der Waals surface area contributed by atoms with Gasteiger partial charge in [-0.15, -0.1) is 0 Å². The molecule has 0 aliphatic rings. The van der Waals surface area contributed by atoms with E-state index in [9.17, 15) is 79.0 Å². The van der Waals surface area contributed by atoms with Gasteiger partial charge in [0.15, 0.2) is 0 Å². The number of halogens is 18. The second-order valence-corrected chi connectivity index (χ2v) is 11.1. The topological polar surface area (TPSA) is 0 Å². The summed E-state index contributed by atoms with van der Waals surface area (Å²) in [6.07, 6.45) is -29.3. The first kappa shape index (κ1) is 28.2. The zero-order valence-electron chi connectivity index (χ0n) is 12.5. The summed E-state index contributed by atoms with van der Waals surface area (Å²) in [5.74, 6) is -9.02. The second kappa shape index (κ2) is 8.01. The summed E-state index contributed by atoms with van der Waals surface area (Å²) < 4.78 is 217. The fourth-order valence-corrected chi connectivity index (χ4v) is 5.64. The fraction of sp³-hybridized carbons (Fsp3) is 0.600. The molecule has 0 unspecified atom stereocenters. The van der Waals surface area contributed by atoms with Gasteiger partial charge in [0.1, 0.15) is 0 Å². The first-order valence-electron chi connectivity index (χ1n) is 6.11. The molecule has 0 spiro atoms. The van der Waals surface area contributed by atoms with Crippen molar-refractivity contribution in [3.05, 3.63) is 18.3 Å². The maximum atomic E-state index is 13.2. The van der Waals surface area contributed by atoms with E-state index in [2.05, 4.69) is 0 Å². The van der Waals surface area contributed by atoms with Crippen LogP contribution in [-0.2, 0) is 24.6 Å². The predicted octanol–water partition coefficient (Wildman–Crippen LogP) is 6.95. The molecule has 0 aromatic heterocycles. The van der Waals surface area contributed by atoms with Gasteiger partial charge in [-0.05, 0) is 0 Å². The molecule has 0 aliphatic heterocycles. The van der Waals surface area contributed by atoms with E-state index in [0.29, 0.717) is 0 Å². The summed E-state index contributed by atoms with van der Waals surface area (Å²) >= 11 is -5.95. The Balaban J connectivity index is 6.58. The molecule has 0 radical (unpaired) electrons. The van der Waals surface area contributed by atoms with Crippen LogP contribution in [0.25, 0.3) is 0 Å². The molecule has 0 saturated carbocycles. The van der Waals surface area contributed by atoms with Crippen molar-refractivity contribution in [2.45, 2.75) is 36.0 Å². The third-order valence-corrected chi connectivity index (χ3v) is 7.78. The Morgan fingerprint density at radius 3 is 0.690 bits per heavy atom. The molecule has 0 N–H and O–H groups in total. The van der Waals surface area contributed by atoms with Crippen LogP contribution in [0.5, 0.6) is 0 Å². The molecule has 0 saturated heterocycles. The predicted molar refractivity (Wildman–Crippen MR) is 50.4 cm³/mol. The number of hydrogen-bond acceptors (Lipinski definition) is 0. The van der Waals surface area contributed by atoms with E-state index < -0.39 is 78.9 Å². The van der Waals surface area contributed by atoms with Gasteiger partial charge >= 0.3 is 158 Å². The Morgan fingerprint density at radius 2 is 0.552 bits per heavy atom. The zero-order valence-corrected chi connectivity index (χ0v) is 18.0. The first-order chi connectivity index (χ1) is 12.4. The zero-order chi connectivity index (χ0) is 24.0. The van der Waals surface area contributed by atoms with Gasteiger partial charge in [-0.2, -0.15) is 0 Å². The van der Waals surface area contributed by atoms with Gasteiger partial charge in [0.05, 0.1) is 0 Å². The molecule has 19 heteroatoms. The molecule has 0 fully saturated rings. The van der Waals surface area contributed by atoms with Crippen LogP contribution in [0.15, 0.2) is 18.3 Å². The van der Waals surface area contributed by atoms with Crippen LogP contribution < -0.4 is 0 Å². The van der Waals surface area contributed by atoms with E-state index in [0.717, 1.165) is 0 Å². The second-order valence-electron chi connectivity index (χ2n) is 4.92. The van der Waals surface area contributed by atoms with E-state index in [1.807, 2.05) is 0 Å². The van der Waals surface area contributed by atoms with Crippen LogP contribution >= 0.6 is 0 Å². The van der Waals surface area contributed by atoms with Gasteiger partial charge in [0, 0.05) is 0 Å². The van der Waals surface area contributed by atoms with Crippen LogP contribution in [0.2, 0.25) is 0 Å². The average Bonchev–Trinajstić information content (AvgIpc) is 2.46. The molecular formula is C10F18Hg. The van der Waals surface area contributed by atoms with Crippen molar-refractivity contribution in [1.29, 1.82) is 0 Å². The molecule has 0 rings (SSSR count). The quantitative estimate of drug-likeness (QED) is 0.226. The van der Waals surface area contributed by atoms with Crippen LogP contribution in [0.3, 0.4) is 0 Å². The van der Waals surface area contributed by atoms with Crippen molar-refractivity contribution < 1.29 is 104 Å². The Morgan fingerprint density at radius 1 is 0.379 bits per heavy atom. The third kappa shape index (κ3) is 4.91. The van der Waals surface area contributed by atoms with Gasteiger partial charge < -0.3 is 0 Å². The van der Waals surface area contributed by atoms with Crippen LogP contribution in [0.1, 0.15) is 0 Å². The summed E-state index contributed by atoms with van der Waals surface area (Å²) in [7, 11) is 0. The van der Waals surface area contributed by atoms with E-state index in [1.54, 1.807) is 0 Å². The number of rotatable bonds is 4. The van der Waals surface area contributed by atoms with Gasteiger partial charge in [-0.1, -0.05) is 0 Å². The Kier molecular flexibility index (Phi) is 7.78. The summed E-state index contributed by atoms with van der Waals surface area (Å²) in [5.41, 5.74) is -14.4. The normalized spacial score (nSPS) is 16.9. The van der Waals surface area contributed by atoms with Crippen molar-refractivity contribution in [2.24, 2.45) is 0 Å².